The van der Waals surface area contributed by atoms with Crippen LogP contribution in [0.5, 0.6) is 0 Å². The van der Waals surface area contributed by atoms with Crippen molar-refractivity contribution in [3.05, 3.63) is 35.1 Å². The molecule has 0 aliphatic rings. The molecule has 4 heteroatoms. The van der Waals surface area contributed by atoms with E-state index in [2.05, 4.69) is 13.8 Å². The van der Waals surface area contributed by atoms with E-state index in [9.17, 15) is 8.60 Å². The molecule has 0 aliphatic carbocycles. The Bertz CT molecular complexity index is 451. The van der Waals surface area contributed by atoms with Crippen LogP contribution >= 0.6 is 0 Å². The lowest BCUT2D eigenvalue weighted by Crippen LogP contribution is -2.05. The van der Waals surface area contributed by atoms with Crippen LogP contribution in [-0.2, 0) is 16.6 Å². The molecule has 0 spiro atoms. The minimum absolute atomic E-state index is 0.189. The SMILES string of the molecule is CC(C)CCS(=O)Cc1cc(C#N)ccc1F. The molecule has 0 amide bonds. The van der Waals surface area contributed by atoms with Gasteiger partial charge in [0, 0.05) is 22.1 Å². The Morgan fingerprint density at radius 3 is 2.76 bits per heavy atom. The average molecular weight is 253 g/mol. The predicted molar refractivity (Wildman–Crippen MR) is 67.3 cm³/mol. The van der Waals surface area contributed by atoms with Gasteiger partial charge in [0.1, 0.15) is 5.82 Å². The van der Waals surface area contributed by atoms with Gasteiger partial charge >= 0.3 is 0 Å². The molecular weight excluding hydrogens is 237 g/mol. The monoisotopic (exact) mass is 253 g/mol. The van der Waals surface area contributed by atoms with Crippen LogP contribution in [0.1, 0.15) is 31.4 Å². The second-order valence-corrected chi connectivity index (χ2v) is 5.97. The summed E-state index contributed by atoms with van der Waals surface area (Å²) in [5, 5.41) is 8.71. The van der Waals surface area contributed by atoms with E-state index in [4.69, 9.17) is 5.26 Å². The van der Waals surface area contributed by atoms with Crippen molar-refractivity contribution in [3.63, 3.8) is 0 Å². The van der Waals surface area contributed by atoms with E-state index in [0.29, 0.717) is 22.8 Å². The Kier molecular flexibility index (Phi) is 5.30. The molecule has 0 N–H and O–H groups in total. The van der Waals surface area contributed by atoms with E-state index in [1.807, 2.05) is 6.07 Å². The van der Waals surface area contributed by atoms with Gasteiger partial charge in [-0.3, -0.25) is 4.21 Å². The van der Waals surface area contributed by atoms with Gasteiger partial charge in [0.2, 0.25) is 0 Å². The summed E-state index contributed by atoms with van der Waals surface area (Å²) in [5.74, 6) is 0.873. The summed E-state index contributed by atoms with van der Waals surface area (Å²) in [7, 11) is -1.06. The standard InChI is InChI=1S/C13H16FNOS/c1-10(2)5-6-17(16)9-12-7-11(8-15)3-4-13(12)14/h3-4,7,10H,5-6,9H2,1-2H3. The highest BCUT2D eigenvalue weighted by molar-refractivity contribution is 7.84. The second-order valence-electron chi connectivity index (χ2n) is 4.39. The number of nitriles is 1. The normalized spacial score (nSPS) is 12.4. The topological polar surface area (TPSA) is 40.9 Å². The van der Waals surface area contributed by atoms with Gasteiger partial charge in [-0.2, -0.15) is 5.26 Å². The molecule has 0 bridgehead atoms. The Morgan fingerprint density at radius 2 is 2.18 bits per heavy atom. The molecule has 92 valence electrons. The summed E-state index contributed by atoms with van der Waals surface area (Å²) >= 11 is 0. The average Bonchev–Trinajstić information content (AvgIpc) is 2.29. The smallest absolute Gasteiger partial charge is 0.127 e. The van der Waals surface area contributed by atoms with Crippen LogP contribution in [0.25, 0.3) is 0 Å². The zero-order valence-corrected chi connectivity index (χ0v) is 10.9. The molecule has 1 rings (SSSR count). The summed E-state index contributed by atoms with van der Waals surface area (Å²) in [6.45, 7) is 4.13. The Balaban J connectivity index is 2.68. The number of rotatable bonds is 5. The highest BCUT2D eigenvalue weighted by atomic mass is 32.2. The molecule has 1 atom stereocenters. The van der Waals surface area contributed by atoms with Gasteiger partial charge in [-0.1, -0.05) is 13.8 Å². The lowest BCUT2D eigenvalue weighted by atomic mass is 10.1. The fourth-order valence-corrected chi connectivity index (χ4v) is 2.81. The highest BCUT2D eigenvalue weighted by Gasteiger charge is 2.08. The fraction of sp³-hybridized carbons (Fsp3) is 0.462. The number of benzene rings is 1. The van der Waals surface area contributed by atoms with Gasteiger partial charge in [-0.05, 0) is 30.5 Å². The quantitative estimate of drug-likeness (QED) is 0.809. The van der Waals surface area contributed by atoms with Crippen LogP contribution in [0.15, 0.2) is 18.2 Å². The lowest BCUT2D eigenvalue weighted by molar-refractivity contribution is 0.609. The first kappa shape index (κ1) is 13.9. The van der Waals surface area contributed by atoms with Crippen molar-refractivity contribution in [1.82, 2.24) is 0 Å². The van der Waals surface area contributed by atoms with Gasteiger partial charge in [0.05, 0.1) is 17.4 Å². The van der Waals surface area contributed by atoms with E-state index in [1.165, 1.54) is 18.2 Å². The molecule has 17 heavy (non-hydrogen) atoms. The maximum atomic E-state index is 13.4. The van der Waals surface area contributed by atoms with E-state index < -0.39 is 10.8 Å². The molecule has 0 saturated heterocycles. The van der Waals surface area contributed by atoms with Gasteiger partial charge < -0.3 is 0 Å². The molecule has 0 aliphatic heterocycles. The first-order chi connectivity index (χ1) is 8.02. The zero-order chi connectivity index (χ0) is 12.8. The molecule has 0 saturated carbocycles. The fourth-order valence-electron chi connectivity index (χ4n) is 1.37. The Hall–Kier alpha value is -1.21. The number of halogens is 1. The molecule has 1 aromatic rings. The van der Waals surface area contributed by atoms with Crippen LogP contribution in [0.4, 0.5) is 4.39 Å². The summed E-state index contributed by atoms with van der Waals surface area (Å²) in [6, 6.07) is 6.11. The van der Waals surface area contributed by atoms with Crippen LogP contribution in [0.3, 0.4) is 0 Å². The number of hydrogen-bond donors (Lipinski definition) is 0. The van der Waals surface area contributed by atoms with Crippen molar-refractivity contribution in [2.24, 2.45) is 5.92 Å². The van der Waals surface area contributed by atoms with Crippen LogP contribution < -0.4 is 0 Å². The van der Waals surface area contributed by atoms with Gasteiger partial charge in [-0.25, -0.2) is 4.39 Å². The van der Waals surface area contributed by atoms with Crippen molar-refractivity contribution in [1.29, 1.82) is 5.26 Å². The Labute approximate surface area is 104 Å². The van der Waals surface area contributed by atoms with Gasteiger partial charge in [0.15, 0.2) is 0 Å². The van der Waals surface area contributed by atoms with Crippen molar-refractivity contribution in [3.8, 4) is 6.07 Å². The van der Waals surface area contributed by atoms with Crippen LogP contribution in [-0.4, -0.2) is 9.96 Å². The van der Waals surface area contributed by atoms with Crippen molar-refractivity contribution in [2.45, 2.75) is 26.0 Å². The zero-order valence-electron chi connectivity index (χ0n) is 10.1. The molecule has 2 nitrogen and oxygen atoms in total. The van der Waals surface area contributed by atoms with Gasteiger partial charge in [-0.15, -0.1) is 0 Å². The lowest BCUT2D eigenvalue weighted by Gasteiger charge is -2.06. The molecular formula is C13H16FNOS. The van der Waals surface area contributed by atoms with E-state index in [-0.39, 0.29) is 11.6 Å². The number of hydrogen-bond acceptors (Lipinski definition) is 2. The second kappa shape index (κ2) is 6.51. The Morgan fingerprint density at radius 1 is 1.47 bits per heavy atom. The largest absolute Gasteiger partial charge is 0.259 e. The molecule has 0 aromatic heterocycles. The van der Waals surface area contributed by atoms with E-state index in [0.717, 1.165) is 6.42 Å². The molecule has 1 aromatic carbocycles. The first-order valence-corrected chi connectivity index (χ1v) is 7.05. The maximum absolute atomic E-state index is 13.4. The molecule has 0 fully saturated rings. The summed E-state index contributed by atoms with van der Waals surface area (Å²) < 4.78 is 25.2. The third-order valence-corrected chi connectivity index (χ3v) is 3.74. The van der Waals surface area contributed by atoms with Gasteiger partial charge in [0.25, 0.3) is 0 Å². The molecule has 0 heterocycles. The predicted octanol–water partition coefficient (Wildman–Crippen LogP) is 2.99. The maximum Gasteiger partial charge on any atom is 0.127 e. The van der Waals surface area contributed by atoms with Crippen LogP contribution in [0.2, 0.25) is 0 Å². The van der Waals surface area contributed by atoms with Crippen molar-refractivity contribution < 1.29 is 8.60 Å². The summed E-state index contributed by atoms with van der Waals surface area (Å²) in [5.41, 5.74) is 0.772. The minimum atomic E-state index is -1.06. The van der Waals surface area contributed by atoms with Crippen LogP contribution in [0, 0.1) is 23.1 Å². The van der Waals surface area contributed by atoms with E-state index >= 15 is 0 Å². The van der Waals surface area contributed by atoms with Crippen molar-refractivity contribution in [2.75, 3.05) is 5.75 Å². The third kappa shape index (κ3) is 4.66. The summed E-state index contributed by atoms with van der Waals surface area (Å²) in [4.78, 5) is 0. The van der Waals surface area contributed by atoms with E-state index in [1.54, 1.807) is 0 Å². The first-order valence-electron chi connectivity index (χ1n) is 5.56. The molecule has 0 radical (unpaired) electrons. The summed E-state index contributed by atoms with van der Waals surface area (Å²) in [6.07, 6.45) is 0.867. The third-order valence-electron chi connectivity index (χ3n) is 2.41. The van der Waals surface area contributed by atoms with Crippen molar-refractivity contribution >= 4 is 10.8 Å². The minimum Gasteiger partial charge on any atom is -0.259 e. The highest BCUT2D eigenvalue weighted by Crippen LogP contribution is 2.13. The number of nitrogens with zero attached hydrogens (tertiary/aromatic N) is 1. The molecule has 1 unspecified atom stereocenters.